The summed E-state index contributed by atoms with van der Waals surface area (Å²) in [5.74, 6) is 0. The van der Waals surface area contributed by atoms with E-state index in [1.807, 2.05) is 0 Å². The summed E-state index contributed by atoms with van der Waals surface area (Å²) in [5.41, 5.74) is 15.1. The van der Waals surface area contributed by atoms with Gasteiger partial charge in [0, 0.05) is 17.1 Å². The van der Waals surface area contributed by atoms with E-state index in [-0.39, 0.29) is 15.8 Å². The van der Waals surface area contributed by atoms with E-state index in [2.05, 4.69) is 157 Å². The maximum atomic E-state index is 2.60. The van der Waals surface area contributed by atoms with Crippen LogP contribution in [-0.4, -0.2) is 22.6 Å². The molecule has 4 aliphatic rings. The third-order valence-electron chi connectivity index (χ3n) is 15.3. The molecule has 0 spiro atoms. The molecular formula is C60H69NP2. The van der Waals surface area contributed by atoms with Gasteiger partial charge in [-0.05, 0) is 167 Å². The van der Waals surface area contributed by atoms with Crippen LogP contribution in [-0.2, 0) is 0 Å². The first-order chi connectivity index (χ1) is 31.2. The van der Waals surface area contributed by atoms with Gasteiger partial charge >= 0.3 is 0 Å². The summed E-state index contributed by atoms with van der Waals surface area (Å²) < 4.78 is 0. The Balaban J connectivity index is 0.954. The monoisotopic (exact) mass is 865 g/mol. The number of hydrogen-bond acceptors (Lipinski definition) is 1. The molecule has 0 heterocycles. The van der Waals surface area contributed by atoms with Crippen molar-refractivity contribution >= 4 is 43.5 Å². The Hall–Kier alpha value is -4.02. The third-order valence-corrected chi connectivity index (χ3v) is 22.3. The molecule has 0 radical (unpaired) electrons. The number of rotatable bonds is 12. The number of hydrogen-bond donors (Lipinski definition) is 0. The SMILES string of the molecule is c1ccc(-c2ccc(N(c3ccc(-c4cccc(P(C5CCCCC5)C5CCCCC5)c4)cc3)c3ccc(-c4cccc(P(C5CCCCC5)C5CCCCC5)c4)cc3)cc2)cc1. The Labute approximate surface area is 382 Å². The Morgan fingerprint density at radius 2 is 0.556 bits per heavy atom. The number of nitrogens with zero attached hydrogens (tertiary/aromatic N) is 1. The first-order valence-electron chi connectivity index (χ1n) is 25.2. The molecule has 4 fully saturated rings. The average Bonchev–Trinajstić information content (AvgIpc) is 3.37. The largest absolute Gasteiger partial charge is 0.311 e. The predicted molar refractivity (Wildman–Crippen MR) is 278 cm³/mol. The van der Waals surface area contributed by atoms with Crippen LogP contribution in [0.3, 0.4) is 0 Å². The quantitative estimate of drug-likeness (QED) is 0.111. The van der Waals surface area contributed by atoms with E-state index in [9.17, 15) is 0 Å². The lowest BCUT2D eigenvalue weighted by atomic mass is 9.99. The van der Waals surface area contributed by atoms with Crippen molar-refractivity contribution in [3.8, 4) is 33.4 Å². The average molecular weight is 866 g/mol. The van der Waals surface area contributed by atoms with Crippen LogP contribution in [0.5, 0.6) is 0 Å². The van der Waals surface area contributed by atoms with Gasteiger partial charge in [0.15, 0.2) is 0 Å². The molecule has 0 N–H and O–H groups in total. The van der Waals surface area contributed by atoms with Crippen molar-refractivity contribution < 1.29 is 0 Å². The van der Waals surface area contributed by atoms with E-state index < -0.39 is 0 Å². The van der Waals surface area contributed by atoms with Crippen LogP contribution in [0, 0.1) is 0 Å². The molecule has 0 saturated heterocycles. The Bertz CT molecular complexity index is 2160. The summed E-state index contributed by atoms with van der Waals surface area (Å²) in [4.78, 5) is 2.45. The molecule has 63 heavy (non-hydrogen) atoms. The standard InChI is InChI=1S/C60H69NP2/c1-6-18-46(19-7-1)47-32-38-52(39-33-47)61(53-40-34-48(35-41-53)50-20-16-30-59(44-50)62(55-22-8-2-9-23-55)56-24-10-3-11-25-56)54-42-36-49(37-43-54)51-21-17-31-60(45-51)63(57-26-12-4-13-27-57)58-28-14-5-15-29-58/h1,6-7,16-21,30-45,55-58H,2-5,8-15,22-29H2. The fraction of sp³-hybridized carbons (Fsp3) is 0.400. The van der Waals surface area contributed by atoms with Crippen LogP contribution < -0.4 is 15.5 Å². The van der Waals surface area contributed by atoms with Crippen LogP contribution in [0.25, 0.3) is 33.4 Å². The van der Waals surface area contributed by atoms with Gasteiger partial charge < -0.3 is 4.90 Å². The van der Waals surface area contributed by atoms with E-state index in [4.69, 9.17) is 0 Å². The molecular weight excluding hydrogens is 797 g/mol. The fourth-order valence-corrected chi connectivity index (χ4v) is 19.7. The summed E-state index contributed by atoms with van der Waals surface area (Å²) in [7, 11) is -0.269. The van der Waals surface area contributed by atoms with Crippen molar-refractivity contribution in [3.05, 3.63) is 152 Å². The van der Waals surface area contributed by atoms with Crippen LogP contribution in [0.2, 0.25) is 0 Å². The van der Waals surface area contributed by atoms with E-state index in [1.165, 1.54) is 179 Å². The first-order valence-corrected chi connectivity index (χ1v) is 28.1. The fourth-order valence-electron chi connectivity index (χ4n) is 12.1. The van der Waals surface area contributed by atoms with Crippen molar-refractivity contribution in [2.75, 3.05) is 4.90 Å². The zero-order valence-corrected chi connectivity index (χ0v) is 39.5. The van der Waals surface area contributed by atoms with Crippen LogP contribution in [0.1, 0.15) is 128 Å². The minimum atomic E-state index is -0.135. The Morgan fingerprint density at radius 1 is 0.270 bits per heavy atom. The highest BCUT2D eigenvalue weighted by Gasteiger charge is 2.34. The maximum Gasteiger partial charge on any atom is 0.0462 e. The molecule has 324 valence electrons. The molecule has 6 aromatic rings. The van der Waals surface area contributed by atoms with Crippen molar-refractivity contribution in [1.29, 1.82) is 0 Å². The van der Waals surface area contributed by atoms with Crippen LogP contribution in [0.4, 0.5) is 17.1 Å². The van der Waals surface area contributed by atoms with E-state index in [0.717, 1.165) is 22.6 Å². The highest BCUT2D eigenvalue weighted by Crippen LogP contribution is 2.56. The molecule has 0 aromatic heterocycles. The molecule has 0 bridgehead atoms. The zero-order valence-electron chi connectivity index (χ0n) is 37.7. The minimum absolute atomic E-state index is 0.135. The summed E-state index contributed by atoms with van der Waals surface area (Å²) >= 11 is 0. The molecule has 0 amide bonds. The predicted octanol–water partition coefficient (Wildman–Crippen LogP) is 17.7. The van der Waals surface area contributed by atoms with Gasteiger partial charge in [0.05, 0.1) is 0 Å². The lowest BCUT2D eigenvalue weighted by molar-refractivity contribution is 0.487. The van der Waals surface area contributed by atoms with E-state index in [0.29, 0.717) is 0 Å². The summed E-state index contributed by atoms with van der Waals surface area (Å²) in [6.45, 7) is 0. The van der Waals surface area contributed by atoms with Gasteiger partial charge in [-0.25, -0.2) is 0 Å². The lowest BCUT2D eigenvalue weighted by Crippen LogP contribution is -2.26. The van der Waals surface area contributed by atoms with E-state index >= 15 is 0 Å². The van der Waals surface area contributed by atoms with Crippen LogP contribution >= 0.6 is 15.8 Å². The molecule has 3 heteroatoms. The molecule has 0 atom stereocenters. The molecule has 10 rings (SSSR count). The second-order valence-electron chi connectivity index (χ2n) is 19.4. The van der Waals surface area contributed by atoms with E-state index in [1.54, 1.807) is 10.6 Å². The van der Waals surface area contributed by atoms with Crippen molar-refractivity contribution in [1.82, 2.24) is 0 Å². The minimum Gasteiger partial charge on any atom is -0.311 e. The van der Waals surface area contributed by atoms with Crippen molar-refractivity contribution in [3.63, 3.8) is 0 Å². The molecule has 1 nitrogen and oxygen atoms in total. The van der Waals surface area contributed by atoms with Crippen LogP contribution in [0.15, 0.2) is 152 Å². The zero-order chi connectivity index (χ0) is 42.2. The lowest BCUT2D eigenvalue weighted by Gasteiger charge is -2.39. The molecule has 0 aliphatic heterocycles. The Kier molecular flexibility index (Phi) is 14.2. The van der Waals surface area contributed by atoms with Gasteiger partial charge in [-0.3, -0.25) is 0 Å². The molecule has 4 aliphatic carbocycles. The van der Waals surface area contributed by atoms with Gasteiger partial charge in [-0.2, -0.15) is 0 Å². The second-order valence-corrected chi connectivity index (χ2v) is 25.0. The maximum absolute atomic E-state index is 2.60. The molecule has 4 saturated carbocycles. The second kappa shape index (κ2) is 20.9. The smallest absolute Gasteiger partial charge is 0.0462 e. The van der Waals surface area contributed by atoms with Gasteiger partial charge in [-0.15, -0.1) is 0 Å². The normalized spacial score (nSPS) is 18.5. The van der Waals surface area contributed by atoms with Gasteiger partial charge in [0.2, 0.25) is 0 Å². The van der Waals surface area contributed by atoms with Gasteiger partial charge in [-0.1, -0.05) is 196 Å². The Morgan fingerprint density at radius 3 is 0.889 bits per heavy atom. The van der Waals surface area contributed by atoms with Gasteiger partial charge in [0.1, 0.15) is 0 Å². The topological polar surface area (TPSA) is 3.24 Å². The number of benzene rings is 6. The highest BCUT2D eigenvalue weighted by atomic mass is 31.1. The molecule has 6 aromatic carbocycles. The summed E-state index contributed by atoms with van der Waals surface area (Å²) in [6.07, 6.45) is 28.7. The number of anilines is 3. The summed E-state index contributed by atoms with van der Waals surface area (Å²) in [5, 5.41) is 3.33. The molecule has 0 unspecified atom stereocenters. The van der Waals surface area contributed by atoms with Crippen molar-refractivity contribution in [2.24, 2.45) is 0 Å². The van der Waals surface area contributed by atoms with Crippen molar-refractivity contribution in [2.45, 2.75) is 151 Å². The third kappa shape index (κ3) is 10.1. The first kappa shape index (κ1) is 42.9. The van der Waals surface area contributed by atoms with Gasteiger partial charge in [0.25, 0.3) is 0 Å². The summed E-state index contributed by atoms with van der Waals surface area (Å²) in [6, 6.07) is 58.5. The highest BCUT2D eigenvalue weighted by molar-refractivity contribution is 7.67.